The second-order valence-corrected chi connectivity index (χ2v) is 5.79. The molecule has 110 valence electrons. The van der Waals surface area contributed by atoms with Crippen LogP contribution < -0.4 is 0 Å². The maximum Gasteiger partial charge on any atom is 0.411 e. The van der Waals surface area contributed by atoms with Crippen molar-refractivity contribution in [1.29, 1.82) is 0 Å². The molecular formula is C14H25NO4. The minimum atomic E-state index is -0.558. The van der Waals surface area contributed by atoms with E-state index in [0.717, 1.165) is 12.8 Å². The van der Waals surface area contributed by atoms with Crippen LogP contribution in [0.3, 0.4) is 0 Å². The lowest BCUT2D eigenvalue weighted by Crippen LogP contribution is -2.47. The third-order valence-corrected chi connectivity index (χ3v) is 3.14. The van der Waals surface area contributed by atoms with Crippen LogP contribution in [-0.2, 0) is 14.3 Å². The highest BCUT2D eigenvalue weighted by Crippen LogP contribution is 2.29. The van der Waals surface area contributed by atoms with Crippen LogP contribution in [0.1, 0.15) is 53.9 Å². The highest BCUT2D eigenvalue weighted by atomic mass is 16.6. The smallest absolute Gasteiger partial charge is 0.411 e. The predicted octanol–water partition coefficient (Wildman–Crippen LogP) is 2.73. The fourth-order valence-corrected chi connectivity index (χ4v) is 2.34. The molecule has 1 aliphatic rings. The van der Waals surface area contributed by atoms with E-state index >= 15 is 0 Å². The number of ether oxygens (including phenoxy) is 2. The number of rotatable bonds is 3. The Labute approximate surface area is 115 Å². The van der Waals surface area contributed by atoms with Gasteiger partial charge in [-0.2, -0.15) is 0 Å². The number of carbonyl (C=O) groups excluding carboxylic acids is 2. The van der Waals surface area contributed by atoms with Crippen molar-refractivity contribution in [1.82, 2.24) is 4.90 Å². The molecule has 5 nitrogen and oxygen atoms in total. The van der Waals surface area contributed by atoms with Gasteiger partial charge in [-0.25, -0.2) is 9.59 Å². The highest BCUT2D eigenvalue weighted by Gasteiger charge is 2.42. The van der Waals surface area contributed by atoms with E-state index in [2.05, 4.69) is 0 Å². The molecule has 5 heteroatoms. The van der Waals surface area contributed by atoms with Gasteiger partial charge in [-0.15, -0.1) is 0 Å². The summed E-state index contributed by atoms with van der Waals surface area (Å²) in [6.45, 7) is 9.57. The van der Waals surface area contributed by atoms with Crippen molar-refractivity contribution >= 4 is 12.1 Å². The number of hydrogen-bond donors (Lipinski definition) is 0. The van der Waals surface area contributed by atoms with Crippen molar-refractivity contribution in [2.75, 3.05) is 6.61 Å². The summed E-state index contributed by atoms with van der Waals surface area (Å²) in [6, 6.07) is -0.441. The van der Waals surface area contributed by atoms with E-state index in [1.807, 2.05) is 27.7 Å². The summed E-state index contributed by atoms with van der Waals surface area (Å²) in [5, 5.41) is 0. The van der Waals surface area contributed by atoms with E-state index in [9.17, 15) is 9.59 Å². The van der Waals surface area contributed by atoms with Crippen molar-refractivity contribution in [3.05, 3.63) is 0 Å². The molecule has 1 saturated heterocycles. The molecule has 0 spiro atoms. The standard InChI is InChI=1S/C14H25NO4/c1-6-10-8-9-11(12(16)18-7-2)15(10)13(17)19-14(3,4)5/h10-11H,6-9H2,1-5H3/t10-,11-/m1/s1. The van der Waals surface area contributed by atoms with Gasteiger partial charge in [-0.05, 0) is 47.0 Å². The van der Waals surface area contributed by atoms with E-state index in [4.69, 9.17) is 9.47 Å². The van der Waals surface area contributed by atoms with Crippen LogP contribution in [0.4, 0.5) is 4.79 Å². The SMILES string of the molecule is CCOC(=O)[C@H]1CC[C@@H](CC)N1C(=O)OC(C)(C)C. The average Bonchev–Trinajstić information content (AvgIpc) is 2.70. The Morgan fingerprint density at radius 3 is 2.32 bits per heavy atom. The molecule has 1 rings (SSSR count). The Morgan fingerprint density at radius 2 is 1.84 bits per heavy atom. The quantitative estimate of drug-likeness (QED) is 0.741. The molecule has 1 heterocycles. The van der Waals surface area contributed by atoms with Crippen molar-refractivity contribution in [2.45, 2.75) is 71.6 Å². The zero-order valence-electron chi connectivity index (χ0n) is 12.6. The average molecular weight is 271 g/mol. The Kier molecular flexibility index (Phi) is 5.20. The molecule has 0 aromatic carbocycles. The molecule has 1 fully saturated rings. The molecule has 0 radical (unpaired) electrons. The summed E-state index contributed by atoms with van der Waals surface area (Å²) < 4.78 is 10.4. The van der Waals surface area contributed by atoms with Crippen molar-refractivity contribution in [3.8, 4) is 0 Å². The third kappa shape index (κ3) is 4.11. The topological polar surface area (TPSA) is 55.8 Å². The molecule has 0 bridgehead atoms. The lowest BCUT2D eigenvalue weighted by atomic mass is 10.1. The van der Waals surface area contributed by atoms with Crippen LogP contribution in [-0.4, -0.2) is 41.3 Å². The summed E-state index contributed by atoms with van der Waals surface area (Å²) in [7, 11) is 0. The fourth-order valence-electron chi connectivity index (χ4n) is 2.34. The van der Waals surface area contributed by atoms with E-state index in [1.165, 1.54) is 0 Å². The first-order chi connectivity index (χ1) is 8.80. The van der Waals surface area contributed by atoms with Gasteiger partial charge in [-0.3, -0.25) is 4.90 Å². The van der Waals surface area contributed by atoms with Crippen LogP contribution in [0.5, 0.6) is 0 Å². The first kappa shape index (κ1) is 15.8. The number of amides is 1. The van der Waals surface area contributed by atoms with Crippen LogP contribution >= 0.6 is 0 Å². The zero-order chi connectivity index (χ0) is 14.6. The largest absolute Gasteiger partial charge is 0.464 e. The summed E-state index contributed by atoms with van der Waals surface area (Å²) in [4.78, 5) is 25.7. The number of hydrogen-bond acceptors (Lipinski definition) is 4. The molecule has 0 aliphatic carbocycles. The minimum absolute atomic E-state index is 0.0595. The van der Waals surface area contributed by atoms with Crippen molar-refractivity contribution < 1.29 is 19.1 Å². The second kappa shape index (κ2) is 6.26. The summed E-state index contributed by atoms with van der Waals surface area (Å²) >= 11 is 0. The van der Waals surface area contributed by atoms with Crippen LogP contribution in [0.2, 0.25) is 0 Å². The Hall–Kier alpha value is -1.26. The lowest BCUT2D eigenvalue weighted by molar-refractivity contribution is -0.148. The lowest BCUT2D eigenvalue weighted by Gasteiger charge is -2.31. The van der Waals surface area contributed by atoms with E-state index < -0.39 is 17.7 Å². The molecule has 0 aromatic heterocycles. The first-order valence-electron chi connectivity index (χ1n) is 6.98. The summed E-state index contributed by atoms with van der Waals surface area (Å²) in [6.07, 6.45) is 1.86. The van der Waals surface area contributed by atoms with Gasteiger partial charge in [0.2, 0.25) is 0 Å². The number of carbonyl (C=O) groups is 2. The predicted molar refractivity (Wildman–Crippen MR) is 71.8 cm³/mol. The van der Waals surface area contributed by atoms with E-state index in [1.54, 1.807) is 11.8 Å². The van der Waals surface area contributed by atoms with Crippen LogP contribution in [0.15, 0.2) is 0 Å². The van der Waals surface area contributed by atoms with Gasteiger partial charge in [0.15, 0.2) is 0 Å². The molecular weight excluding hydrogens is 246 g/mol. The molecule has 0 unspecified atom stereocenters. The van der Waals surface area contributed by atoms with Gasteiger partial charge in [0.05, 0.1) is 6.61 Å². The number of esters is 1. The van der Waals surface area contributed by atoms with Gasteiger partial charge in [-0.1, -0.05) is 6.92 Å². The van der Waals surface area contributed by atoms with Crippen molar-refractivity contribution in [2.24, 2.45) is 0 Å². The first-order valence-corrected chi connectivity index (χ1v) is 6.98. The Bertz CT molecular complexity index is 335. The molecule has 2 atom stereocenters. The van der Waals surface area contributed by atoms with Gasteiger partial charge >= 0.3 is 12.1 Å². The monoisotopic (exact) mass is 271 g/mol. The summed E-state index contributed by atoms with van der Waals surface area (Å²) in [5.74, 6) is -0.329. The van der Waals surface area contributed by atoms with Gasteiger partial charge < -0.3 is 9.47 Å². The Morgan fingerprint density at radius 1 is 1.21 bits per heavy atom. The fraction of sp³-hybridized carbons (Fsp3) is 0.857. The van der Waals surface area contributed by atoms with Crippen LogP contribution in [0, 0.1) is 0 Å². The van der Waals surface area contributed by atoms with Gasteiger partial charge in [0.1, 0.15) is 11.6 Å². The second-order valence-electron chi connectivity index (χ2n) is 5.79. The van der Waals surface area contributed by atoms with Gasteiger partial charge in [0, 0.05) is 6.04 Å². The third-order valence-electron chi connectivity index (χ3n) is 3.14. The molecule has 1 aliphatic heterocycles. The zero-order valence-corrected chi connectivity index (χ0v) is 12.6. The molecule has 0 aromatic rings. The normalized spacial score (nSPS) is 23.3. The van der Waals surface area contributed by atoms with E-state index in [0.29, 0.717) is 13.0 Å². The maximum atomic E-state index is 12.2. The minimum Gasteiger partial charge on any atom is -0.464 e. The van der Waals surface area contributed by atoms with Gasteiger partial charge in [0.25, 0.3) is 0 Å². The summed E-state index contributed by atoms with van der Waals surface area (Å²) in [5.41, 5.74) is -0.558. The maximum absolute atomic E-state index is 12.2. The molecule has 0 N–H and O–H groups in total. The Balaban J connectivity index is 2.82. The molecule has 1 amide bonds. The number of likely N-dealkylation sites (tertiary alicyclic amines) is 1. The molecule has 0 saturated carbocycles. The number of nitrogens with zero attached hydrogens (tertiary/aromatic N) is 1. The highest BCUT2D eigenvalue weighted by molar-refractivity contribution is 5.82. The van der Waals surface area contributed by atoms with Crippen LogP contribution in [0.25, 0.3) is 0 Å². The molecule has 19 heavy (non-hydrogen) atoms. The van der Waals surface area contributed by atoms with Crippen molar-refractivity contribution in [3.63, 3.8) is 0 Å². The van der Waals surface area contributed by atoms with E-state index in [-0.39, 0.29) is 12.0 Å².